The van der Waals surface area contributed by atoms with E-state index in [0.29, 0.717) is 17.1 Å². The van der Waals surface area contributed by atoms with E-state index in [2.05, 4.69) is 37.3 Å². The van der Waals surface area contributed by atoms with Crippen LogP contribution >= 0.6 is 0 Å². The summed E-state index contributed by atoms with van der Waals surface area (Å²) in [5.41, 5.74) is 5.01. The highest BCUT2D eigenvalue weighted by atomic mass is 16.5. The predicted molar refractivity (Wildman–Crippen MR) is 97.3 cm³/mol. The largest absolute Gasteiger partial charge is 0.456 e. The third kappa shape index (κ3) is 3.37. The molecule has 0 aliphatic rings. The Hall–Kier alpha value is -3.56. The fourth-order valence-corrected chi connectivity index (χ4v) is 2.63. The van der Waals surface area contributed by atoms with E-state index in [9.17, 15) is 5.26 Å². The van der Waals surface area contributed by atoms with E-state index in [-0.39, 0.29) is 5.56 Å². The second-order valence-corrected chi connectivity index (χ2v) is 5.85. The average molecular weight is 324 g/mol. The molecule has 0 bridgehead atoms. The minimum atomic E-state index is 0.256. The number of ether oxygens (including phenoxy) is 1. The van der Waals surface area contributed by atoms with Crippen molar-refractivity contribution in [1.29, 1.82) is 10.5 Å². The quantitative estimate of drug-likeness (QED) is 0.638. The number of hydrogen-bond acceptors (Lipinski definition) is 3. The third-order valence-corrected chi connectivity index (χ3v) is 4.04. The number of nitrogens with zero attached hydrogens (tertiary/aromatic N) is 2. The Labute approximate surface area is 147 Å². The van der Waals surface area contributed by atoms with Gasteiger partial charge >= 0.3 is 0 Å². The topological polar surface area (TPSA) is 56.8 Å². The van der Waals surface area contributed by atoms with Crippen molar-refractivity contribution in [3.63, 3.8) is 0 Å². The Balaban J connectivity index is 1.94. The van der Waals surface area contributed by atoms with Gasteiger partial charge in [-0.3, -0.25) is 0 Å². The smallest absolute Gasteiger partial charge is 0.146 e. The van der Waals surface area contributed by atoms with Gasteiger partial charge in [-0.15, -0.1) is 0 Å². The van der Waals surface area contributed by atoms with Gasteiger partial charge in [-0.1, -0.05) is 42.0 Å². The lowest BCUT2D eigenvalue weighted by Crippen LogP contribution is -1.93. The summed E-state index contributed by atoms with van der Waals surface area (Å²) in [6.45, 7) is 4.03. The summed E-state index contributed by atoms with van der Waals surface area (Å²) in [6.07, 6.45) is 0. The number of aryl methyl sites for hydroxylation is 2. The summed E-state index contributed by atoms with van der Waals surface area (Å²) in [4.78, 5) is 0. The van der Waals surface area contributed by atoms with E-state index in [4.69, 9.17) is 10.00 Å². The fraction of sp³-hybridized carbons (Fsp3) is 0.0909. The molecule has 0 N–H and O–H groups in total. The molecule has 0 heterocycles. The minimum absolute atomic E-state index is 0.256. The van der Waals surface area contributed by atoms with Gasteiger partial charge in [0, 0.05) is 0 Å². The van der Waals surface area contributed by atoms with E-state index in [1.807, 2.05) is 31.2 Å². The number of nitriles is 2. The molecule has 0 spiro atoms. The molecule has 0 radical (unpaired) electrons. The van der Waals surface area contributed by atoms with Crippen molar-refractivity contribution in [2.45, 2.75) is 13.8 Å². The molecule has 0 aromatic heterocycles. The van der Waals surface area contributed by atoms with Crippen molar-refractivity contribution in [2.24, 2.45) is 0 Å². The zero-order chi connectivity index (χ0) is 17.8. The lowest BCUT2D eigenvalue weighted by Gasteiger charge is -2.12. The van der Waals surface area contributed by atoms with Crippen LogP contribution in [0.2, 0.25) is 0 Å². The van der Waals surface area contributed by atoms with Gasteiger partial charge in [-0.25, -0.2) is 0 Å². The molecule has 0 aliphatic heterocycles. The second-order valence-electron chi connectivity index (χ2n) is 5.85. The Morgan fingerprint density at radius 1 is 0.760 bits per heavy atom. The predicted octanol–water partition coefficient (Wildman–Crippen LogP) is 5.51. The molecule has 0 saturated heterocycles. The summed E-state index contributed by atoms with van der Waals surface area (Å²) in [5.74, 6) is 1.06. The highest BCUT2D eigenvalue weighted by Gasteiger charge is 2.11. The molecule has 0 saturated carbocycles. The molecule has 3 aromatic carbocycles. The number of benzene rings is 3. The van der Waals surface area contributed by atoms with E-state index in [1.54, 1.807) is 18.2 Å². The van der Waals surface area contributed by atoms with Gasteiger partial charge in [0.05, 0.1) is 5.56 Å². The van der Waals surface area contributed by atoms with Crippen LogP contribution in [0.4, 0.5) is 0 Å². The minimum Gasteiger partial charge on any atom is -0.456 e. The lowest BCUT2D eigenvalue weighted by atomic mass is 10.0. The summed E-state index contributed by atoms with van der Waals surface area (Å²) in [5, 5.41) is 18.4. The van der Waals surface area contributed by atoms with E-state index >= 15 is 0 Å². The van der Waals surface area contributed by atoms with Gasteiger partial charge < -0.3 is 4.74 Å². The van der Waals surface area contributed by atoms with Crippen molar-refractivity contribution in [1.82, 2.24) is 0 Å². The van der Waals surface area contributed by atoms with Crippen LogP contribution in [0, 0.1) is 36.5 Å². The Kier molecular flexibility index (Phi) is 4.50. The van der Waals surface area contributed by atoms with Crippen molar-refractivity contribution in [3.8, 4) is 34.8 Å². The van der Waals surface area contributed by atoms with Crippen LogP contribution in [0.15, 0.2) is 60.7 Å². The van der Waals surface area contributed by atoms with Crippen LogP contribution in [-0.2, 0) is 0 Å². The van der Waals surface area contributed by atoms with Gasteiger partial charge in [0.15, 0.2) is 0 Å². The van der Waals surface area contributed by atoms with Gasteiger partial charge in [0.1, 0.15) is 29.2 Å². The summed E-state index contributed by atoms with van der Waals surface area (Å²) >= 11 is 0. The van der Waals surface area contributed by atoms with Crippen LogP contribution in [-0.4, -0.2) is 0 Å². The third-order valence-electron chi connectivity index (χ3n) is 4.04. The average Bonchev–Trinajstić information content (AvgIpc) is 2.63. The van der Waals surface area contributed by atoms with Gasteiger partial charge in [-0.2, -0.15) is 10.5 Å². The van der Waals surface area contributed by atoms with Crippen LogP contribution in [0.5, 0.6) is 11.5 Å². The highest BCUT2D eigenvalue weighted by molar-refractivity contribution is 5.66. The molecule has 3 rings (SSSR count). The molecule has 3 heteroatoms. The molecule has 3 aromatic rings. The van der Waals surface area contributed by atoms with Gasteiger partial charge in [-0.05, 0) is 54.8 Å². The highest BCUT2D eigenvalue weighted by Crippen LogP contribution is 2.32. The monoisotopic (exact) mass is 324 g/mol. The van der Waals surface area contributed by atoms with E-state index in [1.165, 1.54) is 5.56 Å². The summed E-state index contributed by atoms with van der Waals surface area (Å²) in [7, 11) is 0. The number of rotatable bonds is 3. The van der Waals surface area contributed by atoms with E-state index < -0.39 is 0 Å². The maximum atomic E-state index is 9.31. The maximum Gasteiger partial charge on any atom is 0.146 e. The van der Waals surface area contributed by atoms with Crippen LogP contribution in [0.3, 0.4) is 0 Å². The van der Waals surface area contributed by atoms with E-state index in [0.717, 1.165) is 16.7 Å². The first-order valence-electron chi connectivity index (χ1n) is 7.91. The lowest BCUT2D eigenvalue weighted by molar-refractivity contribution is 0.477. The zero-order valence-electron chi connectivity index (χ0n) is 14.1. The van der Waals surface area contributed by atoms with Crippen molar-refractivity contribution >= 4 is 0 Å². The van der Waals surface area contributed by atoms with Gasteiger partial charge in [0.25, 0.3) is 0 Å². The Bertz CT molecular complexity index is 1010. The van der Waals surface area contributed by atoms with Crippen LogP contribution in [0.25, 0.3) is 11.1 Å². The molecule has 25 heavy (non-hydrogen) atoms. The first kappa shape index (κ1) is 16.3. The fourth-order valence-electron chi connectivity index (χ4n) is 2.63. The maximum absolute atomic E-state index is 9.31. The Morgan fingerprint density at radius 2 is 1.48 bits per heavy atom. The van der Waals surface area contributed by atoms with Crippen LogP contribution < -0.4 is 4.74 Å². The van der Waals surface area contributed by atoms with Crippen LogP contribution in [0.1, 0.15) is 22.3 Å². The molecular formula is C22H16N2O. The molecule has 120 valence electrons. The normalized spacial score (nSPS) is 9.92. The van der Waals surface area contributed by atoms with Gasteiger partial charge in [0.2, 0.25) is 0 Å². The first-order chi connectivity index (χ1) is 12.1. The first-order valence-corrected chi connectivity index (χ1v) is 7.91. The molecule has 0 aliphatic carbocycles. The molecule has 0 atom stereocenters. The SMILES string of the molecule is Cc1ccc(-c2ccc(Oc3cccc(C#N)c3C#N)c(C)c2)cc1. The van der Waals surface area contributed by atoms with Crippen molar-refractivity contribution in [2.75, 3.05) is 0 Å². The molecule has 0 fully saturated rings. The Morgan fingerprint density at radius 3 is 2.12 bits per heavy atom. The number of hydrogen-bond donors (Lipinski definition) is 0. The zero-order valence-corrected chi connectivity index (χ0v) is 14.1. The molecule has 0 unspecified atom stereocenters. The van der Waals surface area contributed by atoms with Crippen molar-refractivity contribution in [3.05, 3.63) is 82.9 Å². The van der Waals surface area contributed by atoms with Crippen molar-refractivity contribution < 1.29 is 4.74 Å². The summed E-state index contributed by atoms with van der Waals surface area (Å²) in [6, 6.07) is 23.4. The summed E-state index contributed by atoms with van der Waals surface area (Å²) < 4.78 is 5.91. The second kappa shape index (κ2) is 6.91. The molecule has 3 nitrogen and oxygen atoms in total. The molecular weight excluding hydrogens is 308 g/mol. The standard InChI is InChI=1S/C22H16N2O/c1-15-6-8-17(9-7-15)18-10-11-21(16(2)12-18)25-22-5-3-4-19(13-23)20(22)14-24/h3-12H,1-2H3. The molecule has 0 amide bonds.